The van der Waals surface area contributed by atoms with Gasteiger partial charge in [-0.15, -0.1) is 12.4 Å². The molecule has 1 aromatic carbocycles. The molecule has 0 aromatic heterocycles. The van der Waals surface area contributed by atoms with E-state index in [0.717, 1.165) is 5.56 Å². The zero-order chi connectivity index (χ0) is 9.14. The molecular formula is C8H12BrClN2O. The number of rotatable bonds is 2. The van der Waals surface area contributed by atoms with E-state index in [-0.39, 0.29) is 24.2 Å². The molecule has 1 aromatic rings. The van der Waals surface area contributed by atoms with E-state index in [1.54, 1.807) is 18.2 Å². The summed E-state index contributed by atoms with van der Waals surface area (Å²) in [6.45, 7) is 0.400. The van der Waals surface area contributed by atoms with Crippen molar-refractivity contribution >= 4 is 28.3 Å². The molecule has 0 fully saturated rings. The Bertz CT molecular complexity index is 283. The van der Waals surface area contributed by atoms with Gasteiger partial charge in [-0.05, 0) is 33.6 Å². The fourth-order valence-corrected chi connectivity index (χ4v) is 1.29. The van der Waals surface area contributed by atoms with Gasteiger partial charge in [-0.3, -0.25) is 0 Å². The summed E-state index contributed by atoms with van der Waals surface area (Å²) in [5, 5.41) is 9.18. The molecule has 0 bridgehead atoms. The van der Waals surface area contributed by atoms with Crippen LogP contribution in [0.1, 0.15) is 11.6 Å². The number of nitrogens with two attached hydrogens (primary N) is 2. The van der Waals surface area contributed by atoms with E-state index in [9.17, 15) is 5.11 Å². The van der Waals surface area contributed by atoms with Crippen LogP contribution in [-0.2, 0) is 0 Å². The molecule has 0 unspecified atom stereocenters. The van der Waals surface area contributed by atoms with Crippen LogP contribution >= 0.6 is 28.3 Å². The third kappa shape index (κ3) is 3.15. The molecule has 3 nitrogen and oxygen atoms in total. The minimum absolute atomic E-state index is 0. The van der Waals surface area contributed by atoms with Gasteiger partial charge in [0, 0.05) is 12.6 Å². The Balaban J connectivity index is 0.00000144. The summed E-state index contributed by atoms with van der Waals surface area (Å²) in [4.78, 5) is 0. The monoisotopic (exact) mass is 266 g/mol. The lowest BCUT2D eigenvalue weighted by atomic mass is 10.1. The predicted molar refractivity (Wildman–Crippen MR) is 59.0 cm³/mol. The van der Waals surface area contributed by atoms with Crippen molar-refractivity contribution in [1.82, 2.24) is 0 Å². The molecule has 1 rings (SSSR count). The first-order valence-electron chi connectivity index (χ1n) is 3.59. The number of phenolic OH excluding ortho intramolecular Hbond substituents is 1. The van der Waals surface area contributed by atoms with Crippen LogP contribution in [0.5, 0.6) is 5.75 Å². The van der Waals surface area contributed by atoms with E-state index in [2.05, 4.69) is 15.9 Å². The zero-order valence-corrected chi connectivity index (χ0v) is 9.31. The molecule has 0 aliphatic heterocycles. The molecule has 0 spiro atoms. The second kappa shape index (κ2) is 5.44. The molecule has 0 aliphatic carbocycles. The van der Waals surface area contributed by atoms with E-state index in [0.29, 0.717) is 11.0 Å². The molecule has 13 heavy (non-hydrogen) atoms. The minimum Gasteiger partial charge on any atom is -0.507 e. The van der Waals surface area contributed by atoms with Crippen molar-refractivity contribution in [2.45, 2.75) is 6.04 Å². The predicted octanol–water partition coefficient (Wildman–Crippen LogP) is 1.53. The molecule has 0 saturated heterocycles. The number of aromatic hydroxyl groups is 1. The van der Waals surface area contributed by atoms with Crippen LogP contribution < -0.4 is 11.5 Å². The first-order valence-corrected chi connectivity index (χ1v) is 4.38. The van der Waals surface area contributed by atoms with Gasteiger partial charge < -0.3 is 16.6 Å². The highest BCUT2D eigenvalue weighted by Gasteiger charge is 2.05. The lowest BCUT2D eigenvalue weighted by Gasteiger charge is -2.09. The third-order valence-corrected chi connectivity index (χ3v) is 2.29. The highest BCUT2D eigenvalue weighted by atomic mass is 79.9. The van der Waals surface area contributed by atoms with Gasteiger partial charge >= 0.3 is 0 Å². The molecule has 0 saturated carbocycles. The van der Waals surface area contributed by atoms with Crippen LogP contribution in [0.2, 0.25) is 0 Å². The largest absolute Gasteiger partial charge is 0.507 e. The van der Waals surface area contributed by atoms with E-state index in [1.807, 2.05) is 0 Å². The van der Waals surface area contributed by atoms with Crippen molar-refractivity contribution in [3.8, 4) is 5.75 Å². The summed E-state index contributed by atoms with van der Waals surface area (Å²) in [6.07, 6.45) is 0. The van der Waals surface area contributed by atoms with Crippen molar-refractivity contribution in [2.75, 3.05) is 6.54 Å². The molecule has 74 valence electrons. The second-order valence-corrected chi connectivity index (χ2v) is 3.41. The zero-order valence-electron chi connectivity index (χ0n) is 6.90. The molecule has 0 amide bonds. The normalized spacial score (nSPS) is 11.9. The lowest BCUT2D eigenvalue weighted by molar-refractivity contribution is 0.471. The number of benzene rings is 1. The van der Waals surface area contributed by atoms with Gasteiger partial charge in [0.15, 0.2) is 0 Å². The van der Waals surface area contributed by atoms with Crippen molar-refractivity contribution in [3.05, 3.63) is 28.2 Å². The Morgan fingerprint density at radius 3 is 2.54 bits per heavy atom. The standard InChI is InChI=1S/C8H11BrN2O.ClH/c9-6-3-5(7(11)4-10)1-2-8(6)12;/h1-3,7,12H,4,10-11H2;1H/t7-;/m1./s1. The van der Waals surface area contributed by atoms with Gasteiger partial charge in [-0.1, -0.05) is 6.07 Å². The van der Waals surface area contributed by atoms with E-state index in [4.69, 9.17) is 11.5 Å². The quantitative estimate of drug-likeness (QED) is 0.761. The van der Waals surface area contributed by atoms with Gasteiger partial charge in [0.2, 0.25) is 0 Å². The van der Waals surface area contributed by atoms with Gasteiger partial charge in [0.1, 0.15) is 5.75 Å². The SMILES string of the molecule is Cl.NC[C@@H](N)c1ccc(O)c(Br)c1. The number of halogens is 2. The van der Waals surface area contributed by atoms with Crippen LogP contribution in [0.3, 0.4) is 0 Å². The van der Waals surface area contributed by atoms with Gasteiger partial charge in [-0.25, -0.2) is 0 Å². The average molecular weight is 268 g/mol. The molecule has 0 radical (unpaired) electrons. The van der Waals surface area contributed by atoms with Gasteiger partial charge in [0.25, 0.3) is 0 Å². The molecular weight excluding hydrogens is 255 g/mol. The van der Waals surface area contributed by atoms with E-state index in [1.165, 1.54) is 0 Å². The van der Waals surface area contributed by atoms with Crippen LogP contribution in [0.4, 0.5) is 0 Å². The Morgan fingerprint density at radius 2 is 2.08 bits per heavy atom. The molecule has 0 heterocycles. The maximum Gasteiger partial charge on any atom is 0.129 e. The minimum atomic E-state index is -0.165. The van der Waals surface area contributed by atoms with Crippen molar-refractivity contribution in [2.24, 2.45) is 11.5 Å². The maximum absolute atomic E-state index is 9.18. The summed E-state index contributed by atoms with van der Waals surface area (Å²) in [5.41, 5.74) is 12.0. The average Bonchev–Trinajstić information content (AvgIpc) is 2.08. The topological polar surface area (TPSA) is 72.3 Å². The van der Waals surface area contributed by atoms with Crippen LogP contribution in [0.25, 0.3) is 0 Å². The highest BCUT2D eigenvalue weighted by molar-refractivity contribution is 9.10. The molecule has 1 atom stereocenters. The third-order valence-electron chi connectivity index (χ3n) is 1.65. The smallest absolute Gasteiger partial charge is 0.129 e. The summed E-state index contributed by atoms with van der Waals surface area (Å²) in [7, 11) is 0. The molecule has 0 aliphatic rings. The summed E-state index contributed by atoms with van der Waals surface area (Å²) in [5.74, 6) is 0.211. The van der Waals surface area contributed by atoms with Crippen molar-refractivity contribution < 1.29 is 5.11 Å². The highest BCUT2D eigenvalue weighted by Crippen LogP contribution is 2.25. The molecule has 5 N–H and O–H groups in total. The van der Waals surface area contributed by atoms with Crippen molar-refractivity contribution in [1.29, 1.82) is 0 Å². The van der Waals surface area contributed by atoms with Crippen LogP contribution in [0, 0.1) is 0 Å². The summed E-state index contributed by atoms with van der Waals surface area (Å²) >= 11 is 3.20. The Morgan fingerprint density at radius 1 is 1.46 bits per heavy atom. The van der Waals surface area contributed by atoms with Crippen LogP contribution in [-0.4, -0.2) is 11.7 Å². The number of hydrogen-bond acceptors (Lipinski definition) is 3. The fraction of sp³-hybridized carbons (Fsp3) is 0.250. The Hall–Kier alpha value is -0.290. The van der Waals surface area contributed by atoms with E-state index >= 15 is 0 Å². The van der Waals surface area contributed by atoms with E-state index < -0.39 is 0 Å². The maximum atomic E-state index is 9.18. The first-order chi connectivity index (χ1) is 5.65. The first kappa shape index (κ1) is 12.7. The van der Waals surface area contributed by atoms with Crippen molar-refractivity contribution in [3.63, 3.8) is 0 Å². The summed E-state index contributed by atoms with van der Waals surface area (Å²) in [6, 6.07) is 4.96. The Kier molecular flexibility index (Phi) is 5.32. The van der Waals surface area contributed by atoms with Gasteiger partial charge in [0.05, 0.1) is 4.47 Å². The lowest BCUT2D eigenvalue weighted by Crippen LogP contribution is -2.20. The number of hydrogen-bond donors (Lipinski definition) is 3. The number of phenols is 1. The Labute approximate surface area is 91.7 Å². The summed E-state index contributed by atoms with van der Waals surface area (Å²) < 4.78 is 0.643. The van der Waals surface area contributed by atoms with Gasteiger partial charge in [-0.2, -0.15) is 0 Å². The second-order valence-electron chi connectivity index (χ2n) is 2.55. The fourth-order valence-electron chi connectivity index (χ4n) is 0.890. The molecule has 5 heteroatoms. The van der Waals surface area contributed by atoms with Crippen LogP contribution in [0.15, 0.2) is 22.7 Å².